The SMILES string of the molecule is CC(C)(C)OC(=O)/C=C/CON1C(=O)c2ccccc2C1=O. The van der Waals surface area contributed by atoms with Gasteiger partial charge in [0.2, 0.25) is 0 Å². The van der Waals surface area contributed by atoms with Crippen molar-refractivity contribution in [2.75, 3.05) is 6.61 Å². The Kier molecular flexibility index (Phi) is 4.42. The zero-order chi connectivity index (χ0) is 16.3. The molecule has 0 saturated heterocycles. The first kappa shape index (κ1) is 15.9. The molecule has 0 unspecified atom stereocenters. The molecular formula is C16H17NO5. The van der Waals surface area contributed by atoms with Crippen molar-refractivity contribution in [3.8, 4) is 0 Å². The maximum atomic E-state index is 12.0. The molecule has 6 nitrogen and oxygen atoms in total. The number of carbonyl (C=O) groups excluding carboxylic acids is 3. The Morgan fingerprint density at radius 1 is 1.14 bits per heavy atom. The van der Waals surface area contributed by atoms with Gasteiger partial charge in [0.25, 0.3) is 11.8 Å². The van der Waals surface area contributed by atoms with Gasteiger partial charge in [0.05, 0.1) is 17.7 Å². The van der Waals surface area contributed by atoms with Gasteiger partial charge in [0.15, 0.2) is 0 Å². The molecule has 1 heterocycles. The molecule has 116 valence electrons. The first-order valence-corrected chi connectivity index (χ1v) is 6.80. The summed E-state index contributed by atoms with van der Waals surface area (Å²) in [5, 5.41) is 0.699. The number of imide groups is 1. The summed E-state index contributed by atoms with van der Waals surface area (Å²) in [4.78, 5) is 40.6. The van der Waals surface area contributed by atoms with Gasteiger partial charge in [-0.15, -0.1) is 5.06 Å². The van der Waals surface area contributed by atoms with Gasteiger partial charge >= 0.3 is 5.97 Å². The topological polar surface area (TPSA) is 72.9 Å². The van der Waals surface area contributed by atoms with Crippen LogP contribution in [-0.4, -0.2) is 35.1 Å². The number of esters is 1. The molecule has 0 fully saturated rings. The van der Waals surface area contributed by atoms with E-state index in [0.29, 0.717) is 16.2 Å². The third-order valence-corrected chi connectivity index (χ3v) is 2.72. The smallest absolute Gasteiger partial charge is 0.331 e. The van der Waals surface area contributed by atoms with Crippen LogP contribution in [0, 0.1) is 0 Å². The maximum Gasteiger partial charge on any atom is 0.331 e. The highest BCUT2D eigenvalue weighted by atomic mass is 16.7. The van der Waals surface area contributed by atoms with Gasteiger partial charge < -0.3 is 4.74 Å². The minimum absolute atomic E-state index is 0.0925. The summed E-state index contributed by atoms with van der Waals surface area (Å²) in [6.45, 7) is 5.18. The highest BCUT2D eigenvalue weighted by Gasteiger charge is 2.36. The predicted molar refractivity (Wildman–Crippen MR) is 77.9 cm³/mol. The van der Waals surface area contributed by atoms with E-state index in [-0.39, 0.29) is 6.61 Å². The van der Waals surface area contributed by atoms with Crippen LogP contribution >= 0.6 is 0 Å². The summed E-state index contributed by atoms with van der Waals surface area (Å²) in [5.41, 5.74) is 0.0393. The molecule has 0 saturated carbocycles. The molecule has 2 amide bonds. The van der Waals surface area contributed by atoms with Crippen LogP contribution in [0.5, 0.6) is 0 Å². The van der Waals surface area contributed by atoms with Crippen LogP contribution in [0.1, 0.15) is 41.5 Å². The second kappa shape index (κ2) is 6.11. The second-order valence-electron chi connectivity index (χ2n) is 5.68. The highest BCUT2D eigenvalue weighted by Crippen LogP contribution is 2.22. The number of rotatable bonds is 4. The van der Waals surface area contributed by atoms with Gasteiger partial charge in [0.1, 0.15) is 5.60 Å². The standard InChI is InChI=1S/C16H17NO5/c1-16(2,3)22-13(18)9-6-10-21-17-14(19)11-7-4-5-8-12(11)15(17)20/h4-9H,10H2,1-3H3/b9-6+. The minimum Gasteiger partial charge on any atom is -0.457 e. The molecule has 1 aliphatic heterocycles. The summed E-state index contributed by atoms with van der Waals surface area (Å²) >= 11 is 0. The molecular weight excluding hydrogens is 286 g/mol. The second-order valence-corrected chi connectivity index (χ2v) is 5.68. The van der Waals surface area contributed by atoms with E-state index >= 15 is 0 Å². The number of carbonyl (C=O) groups is 3. The number of ether oxygens (including phenoxy) is 1. The van der Waals surface area contributed by atoms with Gasteiger partial charge in [0, 0.05) is 6.08 Å². The molecule has 0 aromatic heterocycles. The first-order chi connectivity index (χ1) is 10.3. The lowest BCUT2D eigenvalue weighted by atomic mass is 10.1. The molecule has 0 spiro atoms. The van der Waals surface area contributed by atoms with Gasteiger partial charge in [-0.2, -0.15) is 0 Å². The molecule has 0 bridgehead atoms. The molecule has 1 aliphatic rings. The molecule has 6 heteroatoms. The molecule has 0 aliphatic carbocycles. The van der Waals surface area contributed by atoms with E-state index < -0.39 is 23.4 Å². The fourth-order valence-electron chi connectivity index (χ4n) is 1.88. The van der Waals surface area contributed by atoms with Gasteiger partial charge in [-0.25, -0.2) is 4.79 Å². The number of hydroxylamine groups is 2. The fourth-order valence-corrected chi connectivity index (χ4v) is 1.88. The van der Waals surface area contributed by atoms with E-state index in [1.54, 1.807) is 45.0 Å². The van der Waals surface area contributed by atoms with E-state index in [2.05, 4.69) is 0 Å². The zero-order valence-corrected chi connectivity index (χ0v) is 12.7. The van der Waals surface area contributed by atoms with Crippen molar-refractivity contribution in [3.05, 3.63) is 47.5 Å². The van der Waals surface area contributed by atoms with E-state index in [4.69, 9.17) is 9.57 Å². The van der Waals surface area contributed by atoms with Crippen molar-refractivity contribution in [1.82, 2.24) is 5.06 Å². The molecule has 0 radical (unpaired) electrons. The Labute approximate surface area is 128 Å². The zero-order valence-electron chi connectivity index (χ0n) is 12.7. The monoisotopic (exact) mass is 303 g/mol. The number of hydrogen-bond donors (Lipinski definition) is 0. The van der Waals surface area contributed by atoms with Crippen molar-refractivity contribution >= 4 is 17.8 Å². The van der Waals surface area contributed by atoms with Gasteiger partial charge in [-0.05, 0) is 39.0 Å². The van der Waals surface area contributed by atoms with Crippen LogP contribution in [0.3, 0.4) is 0 Å². The Bertz CT molecular complexity index is 607. The van der Waals surface area contributed by atoms with Crippen molar-refractivity contribution in [2.24, 2.45) is 0 Å². The van der Waals surface area contributed by atoms with Crippen LogP contribution < -0.4 is 0 Å². The minimum atomic E-state index is -0.579. The summed E-state index contributed by atoms with van der Waals surface area (Å²) in [6, 6.07) is 6.48. The van der Waals surface area contributed by atoms with E-state index in [1.165, 1.54) is 12.2 Å². The summed E-state index contributed by atoms with van der Waals surface area (Å²) in [7, 11) is 0. The lowest BCUT2D eigenvalue weighted by Gasteiger charge is -2.18. The Morgan fingerprint density at radius 3 is 2.18 bits per heavy atom. The van der Waals surface area contributed by atoms with Gasteiger partial charge in [-0.1, -0.05) is 12.1 Å². The van der Waals surface area contributed by atoms with Crippen LogP contribution in [-0.2, 0) is 14.4 Å². The maximum absolute atomic E-state index is 12.0. The van der Waals surface area contributed by atoms with Crippen molar-refractivity contribution < 1.29 is 24.0 Å². The Morgan fingerprint density at radius 2 is 1.68 bits per heavy atom. The highest BCUT2D eigenvalue weighted by molar-refractivity contribution is 6.20. The van der Waals surface area contributed by atoms with Crippen LogP contribution in [0.2, 0.25) is 0 Å². The molecule has 0 N–H and O–H groups in total. The van der Waals surface area contributed by atoms with Gasteiger partial charge in [-0.3, -0.25) is 14.4 Å². The Hall–Kier alpha value is -2.47. The third kappa shape index (κ3) is 3.59. The summed E-state index contributed by atoms with van der Waals surface area (Å²) < 4.78 is 5.07. The van der Waals surface area contributed by atoms with Crippen molar-refractivity contribution in [3.63, 3.8) is 0 Å². The Balaban J connectivity index is 1.90. The molecule has 0 atom stereocenters. The third-order valence-electron chi connectivity index (χ3n) is 2.72. The number of fused-ring (bicyclic) bond motifs is 1. The molecule has 1 aromatic carbocycles. The molecule has 22 heavy (non-hydrogen) atoms. The fraction of sp³-hybridized carbons (Fsp3) is 0.312. The van der Waals surface area contributed by atoms with E-state index in [9.17, 15) is 14.4 Å². The number of amides is 2. The number of hydrogen-bond acceptors (Lipinski definition) is 5. The molecule has 2 rings (SSSR count). The molecule has 1 aromatic rings. The summed E-state index contributed by atoms with van der Waals surface area (Å²) in [5.74, 6) is -1.53. The average molecular weight is 303 g/mol. The van der Waals surface area contributed by atoms with E-state index in [1.807, 2.05) is 0 Å². The normalized spacial score (nSPS) is 14.6. The predicted octanol–water partition coefficient (Wildman–Crippen LogP) is 2.11. The largest absolute Gasteiger partial charge is 0.457 e. The number of benzene rings is 1. The lowest BCUT2D eigenvalue weighted by molar-refractivity contribution is -0.148. The van der Waals surface area contributed by atoms with Crippen molar-refractivity contribution in [2.45, 2.75) is 26.4 Å². The van der Waals surface area contributed by atoms with Crippen LogP contribution in [0.4, 0.5) is 0 Å². The quantitative estimate of drug-likeness (QED) is 0.484. The average Bonchev–Trinajstić information content (AvgIpc) is 2.67. The first-order valence-electron chi connectivity index (χ1n) is 6.80. The summed E-state index contributed by atoms with van der Waals surface area (Å²) in [6.07, 6.45) is 2.58. The van der Waals surface area contributed by atoms with Crippen LogP contribution in [0.25, 0.3) is 0 Å². The van der Waals surface area contributed by atoms with E-state index in [0.717, 1.165) is 0 Å². The van der Waals surface area contributed by atoms with Crippen LogP contribution in [0.15, 0.2) is 36.4 Å². The lowest BCUT2D eigenvalue weighted by Crippen LogP contribution is -2.30. The number of nitrogens with zero attached hydrogens (tertiary/aromatic N) is 1. The van der Waals surface area contributed by atoms with Crippen molar-refractivity contribution in [1.29, 1.82) is 0 Å².